The van der Waals surface area contributed by atoms with Gasteiger partial charge in [-0.05, 0) is 100.0 Å². The van der Waals surface area contributed by atoms with Crippen LogP contribution in [0.3, 0.4) is 0 Å². The lowest BCUT2D eigenvalue weighted by atomic mass is 9.74. The van der Waals surface area contributed by atoms with Crippen molar-refractivity contribution < 1.29 is 33.0 Å². The molecule has 0 bridgehead atoms. The summed E-state index contributed by atoms with van der Waals surface area (Å²) in [7, 11) is 0. The van der Waals surface area contributed by atoms with Crippen molar-refractivity contribution in [3.63, 3.8) is 0 Å². The van der Waals surface area contributed by atoms with Gasteiger partial charge in [0, 0.05) is 98.1 Å². The Kier molecular flexibility index (Phi) is 20.6. The fourth-order valence-corrected chi connectivity index (χ4v) is 11.3. The van der Waals surface area contributed by atoms with E-state index >= 15 is 0 Å². The summed E-state index contributed by atoms with van der Waals surface area (Å²) in [6.45, 7) is 9.61. The molecule has 0 spiro atoms. The number of nitrogens with zero attached hydrogens (tertiary/aromatic N) is 2. The first kappa shape index (κ1) is 53.8. The SMILES string of the molecule is Cc1cccc(CNC(=O)CCC(=O)NC2CCC(Cc3ccccc3)(N3CCOCC3)CC2)c1.O=C(CCC(=O)NC1CCC(Cc2ccccc2)(N2CCOCC2)CC1)NCc1ccc(Br)cc1F. The van der Waals surface area contributed by atoms with Gasteiger partial charge in [0.1, 0.15) is 5.82 Å². The summed E-state index contributed by atoms with van der Waals surface area (Å²) < 4.78 is 25.8. The Balaban J connectivity index is 0.000000209. The van der Waals surface area contributed by atoms with Gasteiger partial charge >= 0.3 is 0 Å². The van der Waals surface area contributed by atoms with Gasteiger partial charge in [-0.25, -0.2) is 4.39 Å². The van der Waals surface area contributed by atoms with Crippen LogP contribution in [-0.4, -0.2) is 109 Å². The first-order valence-electron chi connectivity index (χ1n) is 25.8. The minimum atomic E-state index is -0.375. The number of halogens is 2. The molecule has 71 heavy (non-hydrogen) atoms. The van der Waals surface area contributed by atoms with E-state index in [2.05, 4.69) is 114 Å². The Morgan fingerprint density at radius 2 is 1.00 bits per heavy atom. The van der Waals surface area contributed by atoms with Crippen molar-refractivity contribution >= 4 is 39.6 Å². The second kappa shape index (κ2) is 27.2. The fraction of sp³-hybridized carbons (Fsp3) is 0.509. The number of carbonyl (C=O) groups excluding carboxylic acids is 4. The van der Waals surface area contributed by atoms with Crippen LogP contribution in [0.2, 0.25) is 0 Å². The van der Waals surface area contributed by atoms with Gasteiger partial charge in [0.2, 0.25) is 23.6 Å². The van der Waals surface area contributed by atoms with Gasteiger partial charge in [-0.1, -0.05) is 112 Å². The van der Waals surface area contributed by atoms with Crippen LogP contribution >= 0.6 is 15.9 Å². The zero-order valence-electron chi connectivity index (χ0n) is 41.5. The van der Waals surface area contributed by atoms with Crippen LogP contribution in [-0.2, 0) is 54.6 Å². The minimum absolute atomic E-state index is 0.0253. The average molecular weight is 1040 g/mol. The molecule has 12 nitrogen and oxygen atoms in total. The molecule has 4 aliphatic rings. The standard InChI is InChI=1S/C29H39N3O3.C28H35BrFN3O3/c1-23-6-5-9-25(20-23)22-30-27(33)10-11-28(34)31-26-12-14-29(15-13-26,32-16-18-35-19-17-32)21-24-7-3-2-4-8-24;29-23-7-6-22(25(30)18-23)20-31-26(34)8-9-27(35)32-24-10-12-28(13-11-24,33-14-16-36-17-15-33)19-21-4-2-1-3-5-21/h2-9,20,26H,10-19,21-22H2,1H3,(H,30,33)(H,31,34);1-7,18,24H,8-17,19-20H2,(H,31,34)(H,32,35). The third-order valence-corrected chi connectivity index (χ3v) is 15.4. The number of rotatable bonds is 18. The predicted octanol–water partition coefficient (Wildman–Crippen LogP) is 8.12. The monoisotopic (exact) mass is 1040 g/mol. The second-order valence-corrected chi connectivity index (χ2v) is 20.8. The summed E-state index contributed by atoms with van der Waals surface area (Å²) >= 11 is 3.22. The summed E-state index contributed by atoms with van der Waals surface area (Å²) in [6, 6.07) is 34.5. The Morgan fingerprint density at radius 3 is 1.45 bits per heavy atom. The van der Waals surface area contributed by atoms with Crippen LogP contribution in [0, 0.1) is 12.7 Å². The van der Waals surface area contributed by atoms with Gasteiger partial charge in [-0.15, -0.1) is 0 Å². The number of nitrogens with one attached hydrogen (secondary N) is 4. The number of benzene rings is 4. The highest BCUT2D eigenvalue weighted by atomic mass is 79.9. The first-order chi connectivity index (χ1) is 34.5. The first-order valence-corrected chi connectivity index (χ1v) is 26.6. The molecule has 0 atom stereocenters. The quantitative estimate of drug-likeness (QED) is 0.0784. The van der Waals surface area contributed by atoms with E-state index in [-0.39, 0.29) is 84.8 Å². The summed E-state index contributed by atoms with van der Waals surface area (Å²) in [5, 5.41) is 12.0. The van der Waals surface area contributed by atoms with Crippen molar-refractivity contribution in [1.29, 1.82) is 0 Å². The summed E-state index contributed by atoms with van der Waals surface area (Å²) in [6.07, 6.45) is 10.6. The van der Waals surface area contributed by atoms with E-state index in [1.54, 1.807) is 12.1 Å². The highest BCUT2D eigenvalue weighted by Gasteiger charge is 2.42. The van der Waals surface area contributed by atoms with Gasteiger partial charge in [-0.3, -0.25) is 29.0 Å². The number of morpholine rings is 2. The normalized spacial score (nSPS) is 22.8. The predicted molar refractivity (Wildman–Crippen MR) is 279 cm³/mol. The molecule has 2 aliphatic heterocycles. The lowest BCUT2D eigenvalue weighted by Crippen LogP contribution is -2.58. The van der Waals surface area contributed by atoms with Crippen molar-refractivity contribution in [2.75, 3.05) is 52.6 Å². The average Bonchev–Trinajstić information content (AvgIpc) is 3.39. The smallest absolute Gasteiger partial charge is 0.220 e. The van der Waals surface area contributed by atoms with E-state index in [9.17, 15) is 23.6 Å². The van der Waals surface area contributed by atoms with Gasteiger partial charge < -0.3 is 30.7 Å². The van der Waals surface area contributed by atoms with E-state index in [0.29, 0.717) is 16.6 Å². The summed E-state index contributed by atoms with van der Waals surface area (Å²) in [5.74, 6) is -0.848. The molecule has 2 saturated heterocycles. The molecule has 2 aliphatic carbocycles. The van der Waals surface area contributed by atoms with Crippen molar-refractivity contribution in [2.45, 2.75) is 133 Å². The molecular formula is C57H74BrFN6O6. The highest BCUT2D eigenvalue weighted by Crippen LogP contribution is 2.39. The van der Waals surface area contributed by atoms with Crippen LogP contribution in [0.25, 0.3) is 0 Å². The van der Waals surface area contributed by atoms with Gasteiger partial charge in [-0.2, -0.15) is 0 Å². The van der Waals surface area contributed by atoms with Crippen molar-refractivity contribution in [3.8, 4) is 0 Å². The Labute approximate surface area is 428 Å². The zero-order chi connectivity index (χ0) is 49.9. The number of carbonyl (C=O) groups is 4. The summed E-state index contributed by atoms with van der Waals surface area (Å²) in [4.78, 5) is 54.8. The number of amides is 4. The Hall–Kier alpha value is -4.99. The molecule has 8 rings (SSSR count). The number of hydrogen-bond donors (Lipinski definition) is 4. The van der Waals surface area contributed by atoms with Crippen LogP contribution in [0.5, 0.6) is 0 Å². The molecule has 0 unspecified atom stereocenters. The maximum absolute atomic E-state index is 13.9. The molecule has 14 heteroatoms. The van der Waals surface area contributed by atoms with E-state index in [1.807, 2.05) is 25.1 Å². The Bertz CT molecular complexity index is 2310. The molecule has 4 aromatic carbocycles. The molecule has 2 saturated carbocycles. The maximum Gasteiger partial charge on any atom is 0.220 e. The van der Waals surface area contributed by atoms with E-state index < -0.39 is 0 Å². The number of ether oxygens (including phenoxy) is 2. The molecule has 0 radical (unpaired) electrons. The largest absolute Gasteiger partial charge is 0.379 e. The van der Waals surface area contributed by atoms with E-state index in [1.165, 1.54) is 22.8 Å². The lowest BCUT2D eigenvalue weighted by molar-refractivity contribution is -0.127. The van der Waals surface area contributed by atoms with Gasteiger partial charge in [0.25, 0.3) is 0 Å². The van der Waals surface area contributed by atoms with Gasteiger partial charge in [0.15, 0.2) is 0 Å². The molecule has 4 aromatic rings. The fourth-order valence-electron chi connectivity index (χ4n) is 10.9. The third-order valence-electron chi connectivity index (χ3n) is 14.9. The van der Waals surface area contributed by atoms with Crippen LogP contribution < -0.4 is 21.3 Å². The van der Waals surface area contributed by atoms with Crippen LogP contribution in [0.4, 0.5) is 4.39 Å². The molecule has 2 heterocycles. The Morgan fingerprint density at radius 1 is 0.563 bits per heavy atom. The number of aryl methyl sites for hydroxylation is 1. The van der Waals surface area contributed by atoms with E-state index in [4.69, 9.17) is 9.47 Å². The number of hydrogen-bond acceptors (Lipinski definition) is 8. The highest BCUT2D eigenvalue weighted by molar-refractivity contribution is 9.10. The van der Waals surface area contributed by atoms with Crippen molar-refractivity contribution in [2.24, 2.45) is 0 Å². The maximum atomic E-state index is 13.9. The molecular weight excluding hydrogens is 964 g/mol. The minimum Gasteiger partial charge on any atom is -0.379 e. The second-order valence-electron chi connectivity index (χ2n) is 19.9. The molecule has 4 fully saturated rings. The lowest BCUT2D eigenvalue weighted by Gasteiger charge is -2.50. The molecule has 382 valence electrons. The van der Waals surface area contributed by atoms with E-state index in [0.717, 1.165) is 122 Å². The molecule has 0 aromatic heterocycles. The van der Waals surface area contributed by atoms with Crippen molar-refractivity contribution in [3.05, 3.63) is 141 Å². The zero-order valence-corrected chi connectivity index (χ0v) is 43.1. The van der Waals surface area contributed by atoms with Crippen molar-refractivity contribution in [1.82, 2.24) is 31.1 Å². The summed E-state index contributed by atoms with van der Waals surface area (Å²) in [5.41, 5.74) is 5.60. The van der Waals surface area contributed by atoms with Gasteiger partial charge in [0.05, 0.1) is 26.4 Å². The third kappa shape index (κ3) is 16.8. The topological polar surface area (TPSA) is 141 Å². The van der Waals surface area contributed by atoms with Crippen LogP contribution in [0.1, 0.15) is 105 Å². The van der Waals surface area contributed by atoms with Crippen LogP contribution in [0.15, 0.2) is 108 Å². The molecule has 4 N–H and O–H groups in total. The molecule has 4 amide bonds.